The average molecular weight is 473 g/mol. The van der Waals surface area contributed by atoms with Crippen LogP contribution in [0.5, 0.6) is 0 Å². The molecule has 0 aromatic heterocycles. The van der Waals surface area contributed by atoms with Gasteiger partial charge in [0.1, 0.15) is 0 Å². The smallest absolute Gasteiger partial charge is 0.243 e. The molecule has 4 rings (SSSR count). The van der Waals surface area contributed by atoms with Gasteiger partial charge < -0.3 is 15.0 Å². The van der Waals surface area contributed by atoms with Crippen molar-refractivity contribution in [2.24, 2.45) is 0 Å². The van der Waals surface area contributed by atoms with Crippen molar-refractivity contribution in [3.05, 3.63) is 53.6 Å². The van der Waals surface area contributed by atoms with Crippen LogP contribution in [-0.4, -0.2) is 82.6 Å². The van der Waals surface area contributed by atoms with E-state index in [0.29, 0.717) is 38.5 Å². The Kier molecular flexibility index (Phi) is 7.33. The van der Waals surface area contributed by atoms with Crippen LogP contribution >= 0.6 is 0 Å². The van der Waals surface area contributed by atoms with Crippen LogP contribution in [0.25, 0.3) is 0 Å². The molecule has 8 nitrogen and oxygen atoms in total. The molecule has 0 bridgehead atoms. The predicted octanol–water partition coefficient (Wildman–Crippen LogP) is 2.09. The van der Waals surface area contributed by atoms with Crippen molar-refractivity contribution in [3.8, 4) is 0 Å². The number of nitrogens with one attached hydrogen (secondary N) is 1. The fourth-order valence-corrected chi connectivity index (χ4v) is 5.68. The Bertz CT molecular complexity index is 1070. The van der Waals surface area contributed by atoms with Crippen LogP contribution in [0.2, 0.25) is 0 Å². The number of carbonyl (C=O) groups is 1. The van der Waals surface area contributed by atoms with Crippen molar-refractivity contribution < 1.29 is 17.9 Å². The van der Waals surface area contributed by atoms with E-state index >= 15 is 0 Å². The van der Waals surface area contributed by atoms with Crippen molar-refractivity contribution in [2.75, 3.05) is 69.2 Å². The SMILES string of the molecule is Cc1cccc(N2CCN(CC(=O)Nc3ccc(S(=O)(=O)N4CCOCC4)cc3)CC2)c1C. The Morgan fingerprint density at radius 2 is 1.61 bits per heavy atom. The molecule has 1 N–H and O–H groups in total. The zero-order valence-corrected chi connectivity index (χ0v) is 20.1. The monoisotopic (exact) mass is 472 g/mol. The molecule has 178 valence electrons. The summed E-state index contributed by atoms with van der Waals surface area (Å²) < 4.78 is 32.1. The molecule has 2 aliphatic rings. The molecule has 33 heavy (non-hydrogen) atoms. The first-order valence-electron chi connectivity index (χ1n) is 11.4. The highest BCUT2D eigenvalue weighted by atomic mass is 32.2. The lowest BCUT2D eigenvalue weighted by Crippen LogP contribution is -2.48. The van der Waals surface area contributed by atoms with Gasteiger partial charge in [-0.2, -0.15) is 4.31 Å². The first-order valence-corrected chi connectivity index (χ1v) is 12.8. The first-order chi connectivity index (χ1) is 15.8. The highest BCUT2D eigenvalue weighted by Crippen LogP contribution is 2.24. The summed E-state index contributed by atoms with van der Waals surface area (Å²) in [4.78, 5) is 17.3. The van der Waals surface area contributed by atoms with Gasteiger partial charge in [0.2, 0.25) is 15.9 Å². The van der Waals surface area contributed by atoms with E-state index in [1.54, 1.807) is 24.3 Å². The maximum atomic E-state index is 12.7. The van der Waals surface area contributed by atoms with Crippen molar-refractivity contribution in [1.29, 1.82) is 0 Å². The Morgan fingerprint density at radius 3 is 2.27 bits per heavy atom. The second-order valence-corrected chi connectivity index (χ2v) is 10.5. The van der Waals surface area contributed by atoms with Crippen molar-refractivity contribution in [2.45, 2.75) is 18.7 Å². The van der Waals surface area contributed by atoms with Gasteiger partial charge in [-0.3, -0.25) is 9.69 Å². The normalized spacial score (nSPS) is 18.3. The number of anilines is 2. The summed E-state index contributed by atoms with van der Waals surface area (Å²) in [6.07, 6.45) is 0. The zero-order valence-electron chi connectivity index (χ0n) is 19.3. The lowest BCUT2D eigenvalue weighted by Gasteiger charge is -2.36. The number of ether oxygens (including phenoxy) is 1. The molecule has 0 radical (unpaired) electrons. The number of amides is 1. The van der Waals surface area contributed by atoms with Gasteiger partial charge in [0.25, 0.3) is 0 Å². The molecule has 9 heteroatoms. The molecule has 0 unspecified atom stereocenters. The van der Waals surface area contributed by atoms with Gasteiger partial charge in [-0.05, 0) is 55.3 Å². The number of piperazine rings is 1. The number of rotatable bonds is 6. The quantitative estimate of drug-likeness (QED) is 0.693. The standard InChI is InChI=1S/C24H32N4O4S/c1-19-4-3-5-23(20(19)2)27-12-10-26(11-13-27)18-24(29)25-21-6-8-22(9-7-21)33(30,31)28-14-16-32-17-15-28/h3-9H,10-18H2,1-2H3,(H,25,29). The van der Waals surface area contributed by atoms with Gasteiger partial charge in [0.05, 0.1) is 24.7 Å². The van der Waals surface area contributed by atoms with E-state index in [4.69, 9.17) is 4.74 Å². The van der Waals surface area contributed by atoms with Crippen molar-refractivity contribution in [3.63, 3.8) is 0 Å². The summed E-state index contributed by atoms with van der Waals surface area (Å²) in [6, 6.07) is 12.8. The van der Waals surface area contributed by atoms with Gasteiger partial charge in [-0.1, -0.05) is 12.1 Å². The van der Waals surface area contributed by atoms with Crippen LogP contribution in [0.15, 0.2) is 47.4 Å². The average Bonchev–Trinajstić information content (AvgIpc) is 2.82. The molecule has 2 fully saturated rings. The van der Waals surface area contributed by atoms with E-state index < -0.39 is 10.0 Å². The molecule has 2 aromatic rings. The molecular formula is C24H32N4O4S. The van der Waals surface area contributed by atoms with Crippen LogP contribution in [0.4, 0.5) is 11.4 Å². The Labute approximate surface area is 196 Å². The lowest BCUT2D eigenvalue weighted by atomic mass is 10.1. The number of morpholine rings is 1. The summed E-state index contributed by atoms with van der Waals surface area (Å²) in [5.41, 5.74) is 4.46. The Balaban J connectivity index is 1.28. The largest absolute Gasteiger partial charge is 0.379 e. The number of carbonyl (C=O) groups excluding carboxylic acids is 1. The number of sulfonamides is 1. The minimum absolute atomic E-state index is 0.0982. The van der Waals surface area contributed by atoms with E-state index in [1.165, 1.54) is 21.1 Å². The third-order valence-electron chi connectivity index (χ3n) is 6.40. The molecule has 0 aliphatic carbocycles. The third kappa shape index (κ3) is 5.55. The Hall–Kier alpha value is -2.46. The second kappa shape index (κ2) is 10.2. The van der Waals surface area contributed by atoms with Gasteiger partial charge in [0.15, 0.2) is 0 Å². The van der Waals surface area contributed by atoms with Crippen molar-refractivity contribution in [1.82, 2.24) is 9.21 Å². The van der Waals surface area contributed by atoms with E-state index in [9.17, 15) is 13.2 Å². The van der Waals surface area contributed by atoms with E-state index in [-0.39, 0.29) is 10.8 Å². The zero-order chi connectivity index (χ0) is 23.4. The molecule has 2 saturated heterocycles. The van der Waals surface area contributed by atoms with Gasteiger partial charge in [-0.15, -0.1) is 0 Å². The fourth-order valence-electron chi connectivity index (χ4n) is 4.27. The lowest BCUT2D eigenvalue weighted by molar-refractivity contribution is -0.117. The van der Waals surface area contributed by atoms with Crippen LogP contribution in [0.1, 0.15) is 11.1 Å². The highest BCUT2D eigenvalue weighted by molar-refractivity contribution is 7.89. The summed E-state index contributed by atoms with van der Waals surface area (Å²) in [5.74, 6) is -0.0982. The van der Waals surface area contributed by atoms with Crippen molar-refractivity contribution >= 4 is 27.3 Å². The number of benzene rings is 2. The first kappa shape index (κ1) is 23.7. The number of aryl methyl sites for hydroxylation is 1. The van der Waals surface area contributed by atoms with Crippen LogP contribution in [0.3, 0.4) is 0 Å². The maximum absolute atomic E-state index is 12.7. The van der Waals surface area contributed by atoms with Crippen LogP contribution in [-0.2, 0) is 19.6 Å². The summed E-state index contributed by atoms with van der Waals surface area (Å²) >= 11 is 0. The van der Waals surface area contributed by atoms with Gasteiger partial charge in [-0.25, -0.2) is 8.42 Å². The summed E-state index contributed by atoms with van der Waals surface area (Å²) in [6.45, 7) is 9.53. The molecule has 0 saturated carbocycles. The molecular weight excluding hydrogens is 440 g/mol. The van der Waals surface area contributed by atoms with Crippen LogP contribution in [0, 0.1) is 13.8 Å². The third-order valence-corrected chi connectivity index (χ3v) is 8.31. The minimum atomic E-state index is -3.54. The number of nitrogens with zero attached hydrogens (tertiary/aromatic N) is 3. The second-order valence-electron chi connectivity index (χ2n) is 8.57. The van der Waals surface area contributed by atoms with Gasteiger partial charge in [0, 0.05) is 50.6 Å². The predicted molar refractivity (Wildman–Crippen MR) is 129 cm³/mol. The number of hydrogen-bond donors (Lipinski definition) is 1. The number of hydrogen-bond acceptors (Lipinski definition) is 6. The van der Waals surface area contributed by atoms with Crippen LogP contribution < -0.4 is 10.2 Å². The molecule has 0 atom stereocenters. The highest BCUT2D eigenvalue weighted by Gasteiger charge is 2.26. The van der Waals surface area contributed by atoms with Gasteiger partial charge >= 0.3 is 0 Å². The minimum Gasteiger partial charge on any atom is -0.379 e. The maximum Gasteiger partial charge on any atom is 0.243 e. The van der Waals surface area contributed by atoms with E-state index in [2.05, 4.69) is 47.2 Å². The molecule has 1 amide bonds. The van der Waals surface area contributed by atoms with E-state index in [1.807, 2.05) is 0 Å². The fraction of sp³-hybridized carbons (Fsp3) is 0.458. The summed E-state index contributed by atoms with van der Waals surface area (Å²) in [7, 11) is -3.54. The molecule has 2 heterocycles. The van der Waals surface area contributed by atoms with E-state index in [0.717, 1.165) is 26.2 Å². The Morgan fingerprint density at radius 1 is 0.939 bits per heavy atom. The molecule has 2 aromatic carbocycles. The topological polar surface area (TPSA) is 82.2 Å². The molecule has 2 aliphatic heterocycles. The summed E-state index contributed by atoms with van der Waals surface area (Å²) in [5, 5.41) is 2.88. The molecule has 0 spiro atoms.